The van der Waals surface area contributed by atoms with Gasteiger partial charge in [-0.1, -0.05) is 42.1 Å². The van der Waals surface area contributed by atoms with Gasteiger partial charge in [0, 0.05) is 11.4 Å². The first-order valence-corrected chi connectivity index (χ1v) is 12.2. The predicted octanol–water partition coefficient (Wildman–Crippen LogP) is 5.78. The van der Waals surface area contributed by atoms with Gasteiger partial charge in [-0.15, -0.1) is 0 Å². The van der Waals surface area contributed by atoms with Gasteiger partial charge in [-0.05, 0) is 74.4 Å². The Morgan fingerprint density at radius 2 is 1.79 bits per heavy atom. The van der Waals surface area contributed by atoms with Crippen molar-refractivity contribution in [2.24, 2.45) is 4.99 Å². The largest absolute Gasteiger partial charge is 0.463 e. The number of hydrogen-bond donors (Lipinski definition) is 1. The SMILES string of the molecule is CCOC(=O)C1=C(C)N=C2SC=C(CC(=O)Nc3cc(C)cc(C)c3)N2C1c1ccccc1C. The molecule has 2 aliphatic rings. The number of nitrogens with one attached hydrogen (secondary N) is 1. The van der Waals surface area contributed by atoms with E-state index >= 15 is 0 Å². The van der Waals surface area contributed by atoms with Gasteiger partial charge < -0.3 is 15.0 Å². The van der Waals surface area contributed by atoms with Crippen LogP contribution in [0.5, 0.6) is 0 Å². The number of hydrogen-bond acceptors (Lipinski definition) is 6. The average Bonchev–Trinajstić information content (AvgIpc) is 3.14. The molecule has 0 radical (unpaired) electrons. The molecule has 6 nitrogen and oxygen atoms in total. The molecule has 2 aliphatic heterocycles. The summed E-state index contributed by atoms with van der Waals surface area (Å²) in [5.74, 6) is -0.502. The fourth-order valence-corrected chi connectivity index (χ4v) is 5.41. The van der Waals surface area contributed by atoms with Crippen molar-refractivity contribution < 1.29 is 14.3 Å². The number of rotatable bonds is 6. The number of anilines is 1. The lowest BCUT2D eigenvalue weighted by atomic mass is 9.91. The molecule has 0 aromatic heterocycles. The van der Waals surface area contributed by atoms with Gasteiger partial charge >= 0.3 is 5.97 Å². The zero-order valence-electron chi connectivity index (χ0n) is 20.1. The highest BCUT2D eigenvalue weighted by molar-refractivity contribution is 8.16. The number of aryl methyl sites for hydroxylation is 3. The van der Waals surface area contributed by atoms with Crippen molar-refractivity contribution >= 4 is 34.5 Å². The summed E-state index contributed by atoms with van der Waals surface area (Å²) in [6.07, 6.45) is 0.163. The normalized spacial score (nSPS) is 17.2. The quantitative estimate of drug-likeness (QED) is 0.537. The van der Waals surface area contributed by atoms with Gasteiger partial charge in [0.15, 0.2) is 5.17 Å². The molecule has 2 aromatic rings. The summed E-state index contributed by atoms with van der Waals surface area (Å²) in [5, 5.41) is 5.72. The number of amidine groups is 1. The van der Waals surface area contributed by atoms with Crippen LogP contribution in [0.3, 0.4) is 0 Å². The molecule has 1 N–H and O–H groups in total. The number of thioether (sulfide) groups is 1. The maximum absolute atomic E-state index is 13.0. The van der Waals surface area contributed by atoms with Crippen molar-refractivity contribution in [2.45, 2.75) is 47.1 Å². The Bertz CT molecular complexity index is 1230. The Morgan fingerprint density at radius 3 is 2.47 bits per heavy atom. The zero-order chi connectivity index (χ0) is 24.4. The summed E-state index contributed by atoms with van der Waals surface area (Å²) >= 11 is 1.47. The van der Waals surface area contributed by atoms with Crippen LogP contribution in [0, 0.1) is 20.8 Å². The van der Waals surface area contributed by atoms with Crippen molar-refractivity contribution in [3.63, 3.8) is 0 Å². The number of nitrogens with zero attached hydrogens (tertiary/aromatic N) is 2. The topological polar surface area (TPSA) is 71.0 Å². The van der Waals surface area contributed by atoms with E-state index in [1.54, 1.807) is 6.92 Å². The van der Waals surface area contributed by atoms with Crippen LogP contribution in [0.4, 0.5) is 5.69 Å². The van der Waals surface area contributed by atoms with Gasteiger partial charge in [-0.2, -0.15) is 0 Å². The minimum Gasteiger partial charge on any atom is -0.463 e. The van der Waals surface area contributed by atoms with E-state index in [1.807, 2.05) is 74.4 Å². The number of carbonyl (C=O) groups excluding carboxylic acids is 2. The molecule has 1 atom stereocenters. The monoisotopic (exact) mass is 475 g/mol. The van der Waals surface area contributed by atoms with Crippen molar-refractivity contribution in [1.29, 1.82) is 0 Å². The summed E-state index contributed by atoms with van der Waals surface area (Å²) in [5.41, 5.74) is 6.95. The number of carbonyl (C=O) groups is 2. The van der Waals surface area contributed by atoms with E-state index in [2.05, 4.69) is 11.4 Å². The molecule has 0 saturated carbocycles. The zero-order valence-corrected chi connectivity index (χ0v) is 21.0. The van der Waals surface area contributed by atoms with Crippen LogP contribution in [0.25, 0.3) is 0 Å². The van der Waals surface area contributed by atoms with Crippen LogP contribution in [0.1, 0.15) is 48.6 Å². The number of ether oxygens (including phenoxy) is 1. The lowest BCUT2D eigenvalue weighted by Gasteiger charge is -2.37. The number of esters is 1. The first-order valence-electron chi connectivity index (χ1n) is 11.3. The van der Waals surface area contributed by atoms with Gasteiger partial charge in [-0.3, -0.25) is 4.79 Å². The van der Waals surface area contributed by atoms with Crippen LogP contribution >= 0.6 is 11.8 Å². The second-order valence-corrected chi connectivity index (χ2v) is 9.41. The van der Waals surface area contributed by atoms with Gasteiger partial charge in [0.25, 0.3) is 0 Å². The Balaban J connectivity index is 1.67. The van der Waals surface area contributed by atoms with Crippen LogP contribution < -0.4 is 5.32 Å². The third-order valence-corrected chi connectivity index (χ3v) is 6.71. The fraction of sp³-hybridized carbons (Fsp3) is 0.296. The fourth-order valence-electron chi connectivity index (χ4n) is 4.44. The van der Waals surface area contributed by atoms with Gasteiger partial charge in [-0.25, -0.2) is 9.79 Å². The molecular formula is C27H29N3O3S. The summed E-state index contributed by atoms with van der Waals surface area (Å²) in [6, 6.07) is 13.6. The summed E-state index contributed by atoms with van der Waals surface area (Å²) < 4.78 is 5.41. The lowest BCUT2D eigenvalue weighted by molar-refractivity contribution is -0.139. The van der Waals surface area contributed by atoms with Gasteiger partial charge in [0.1, 0.15) is 0 Å². The molecule has 1 unspecified atom stereocenters. The minimum atomic E-state index is -0.414. The molecule has 0 saturated heterocycles. The van der Waals surface area contributed by atoms with Crippen LogP contribution in [-0.4, -0.2) is 28.6 Å². The maximum Gasteiger partial charge on any atom is 0.338 e. The number of aliphatic imine (C=N–C) groups is 1. The molecule has 34 heavy (non-hydrogen) atoms. The molecule has 0 spiro atoms. The first-order chi connectivity index (χ1) is 16.3. The third-order valence-electron chi connectivity index (χ3n) is 5.83. The highest BCUT2D eigenvalue weighted by atomic mass is 32.2. The Hall–Kier alpha value is -3.32. The summed E-state index contributed by atoms with van der Waals surface area (Å²) in [7, 11) is 0. The van der Waals surface area contributed by atoms with Crippen molar-refractivity contribution in [3.8, 4) is 0 Å². The smallest absolute Gasteiger partial charge is 0.338 e. The number of fused-ring (bicyclic) bond motifs is 1. The average molecular weight is 476 g/mol. The Morgan fingerprint density at radius 1 is 1.09 bits per heavy atom. The molecule has 1 amide bonds. The van der Waals surface area contributed by atoms with E-state index < -0.39 is 6.04 Å². The molecule has 0 aliphatic carbocycles. The molecular weight excluding hydrogens is 446 g/mol. The van der Waals surface area contributed by atoms with Crippen LogP contribution in [0.2, 0.25) is 0 Å². The number of amides is 1. The van der Waals surface area contributed by atoms with Crippen molar-refractivity contribution in [2.75, 3.05) is 11.9 Å². The second-order valence-electron chi connectivity index (χ2n) is 8.57. The third kappa shape index (κ3) is 4.80. The van der Waals surface area contributed by atoms with E-state index in [0.717, 1.165) is 38.8 Å². The summed E-state index contributed by atoms with van der Waals surface area (Å²) in [4.78, 5) is 32.8. The van der Waals surface area contributed by atoms with Crippen LogP contribution in [0.15, 0.2) is 69.8 Å². The lowest BCUT2D eigenvalue weighted by Crippen LogP contribution is -2.37. The van der Waals surface area contributed by atoms with E-state index in [9.17, 15) is 9.59 Å². The molecule has 0 bridgehead atoms. The molecule has 7 heteroatoms. The van der Waals surface area contributed by atoms with Crippen LogP contribution in [-0.2, 0) is 14.3 Å². The molecule has 4 rings (SSSR count). The highest BCUT2D eigenvalue weighted by Gasteiger charge is 2.41. The maximum atomic E-state index is 13.0. The Labute approximate surface area is 204 Å². The van der Waals surface area contributed by atoms with E-state index in [4.69, 9.17) is 9.73 Å². The molecule has 176 valence electrons. The van der Waals surface area contributed by atoms with Gasteiger partial charge in [0.2, 0.25) is 5.91 Å². The van der Waals surface area contributed by atoms with E-state index in [1.165, 1.54) is 11.8 Å². The summed E-state index contributed by atoms with van der Waals surface area (Å²) in [6.45, 7) is 9.96. The first kappa shape index (κ1) is 23.8. The molecule has 0 fully saturated rings. The van der Waals surface area contributed by atoms with Crippen molar-refractivity contribution in [3.05, 3.63) is 87.1 Å². The van der Waals surface area contributed by atoms with E-state index in [-0.39, 0.29) is 24.9 Å². The number of benzene rings is 2. The van der Waals surface area contributed by atoms with Gasteiger partial charge in [0.05, 0.1) is 30.3 Å². The molecule has 2 aromatic carbocycles. The Kier molecular flexibility index (Phi) is 6.93. The molecule has 2 heterocycles. The minimum absolute atomic E-state index is 0.120. The second kappa shape index (κ2) is 9.89. The predicted molar refractivity (Wildman–Crippen MR) is 137 cm³/mol. The van der Waals surface area contributed by atoms with E-state index in [0.29, 0.717) is 11.3 Å². The van der Waals surface area contributed by atoms with Crippen molar-refractivity contribution in [1.82, 2.24) is 4.90 Å². The highest BCUT2D eigenvalue weighted by Crippen LogP contribution is 2.45. The number of allylic oxidation sites excluding steroid dienone is 1. The standard InChI is InChI=1S/C27H29N3O3S/c1-6-33-26(32)24-19(5)28-27-30(25(24)22-10-8-7-9-18(22)4)21(15-34-27)14-23(31)29-20-12-16(2)11-17(3)13-20/h7-13,15,25H,6,14H2,1-5H3,(H,29,31).